The molecule has 2 saturated heterocycles. The Labute approximate surface area is 181 Å². The third kappa shape index (κ3) is 5.45. The van der Waals surface area contributed by atoms with Gasteiger partial charge >= 0.3 is 6.03 Å². The molecule has 1 N–H and O–H groups in total. The van der Waals surface area contributed by atoms with E-state index in [1.807, 2.05) is 29.7 Å². The maximum absolute atomic E-state index is 12.8. The van der Waals surface area contributed by atoms with E-state index in [-0.39, 0.29) is 17.9 Å². The lowest BCUT2D eigenvalue weighted by Gasteiger charge is -2.35. The number of benzene rings is 1. The van der Waals surface area contributed by atoms with Crippen LogP contribution in [0.4, 0.5) is 10.5 Å². The van der Waals surface area contributed by atoms with Gasteiger partial charge in [-0.3, -0.25) is 4.79 Å². The zero-order valence-corrected chi connectivity index (χ0v) is 18.8. The second-order valence-corrected chi connectivity index (χ2v) is 8.35. The van der Waals surface area contributed by atoms with Crippen molar-refractivity contribution in [2.24, 2.45) is 5.92 Å². The largest absolute Gasteiger partial charge is 0.369 e. The van der Waals surface area contributed by atoms with Gasteiger partial charge in [0.15, 0.2) is 0 Å². The first-order valence-electron chi connectivity index (χ1n) is 11.4. The van der Waals surface area contributed by atoms with Gasteiger partial charge in [-0.25, -0.2) is 4.79 Å². The minimum absolute atomic E-state index is 0.0125. The van der Waals surface area contributed by atoms with E-state index in [9.17, 15) is 9.59 Å². The molecule has 0 saturated carbocycles. The number of hydrogen-bond donors (Lipinski definition) is 1. The Morgan fingerprint density at radius 2 is 1.63 bits per heavy atom. The van der Waals surface area contributed by atoms with Crippen LogP contribution in [0.3, 0.4) is 0 Å². The van der Waals surface area contributed by atoms with Gasteiger partial charge in [0.05, 0.1) is 0 Å². The van der Waals surface area contributed by atoms with Gasteiger partial charge in [-0.2, -0.15) is 0 Å². The van der Waals surface area contributed by atoms with Crippen molar-refractivity contribution in [3.05, 3.63) is 29.8 Å². The molecule has 30 heavy (non-hydrogen) atoms. The summed E-state index contributed by atoms with van der Waals surface area (Å²) in [7, 11) is 2.16. The standard InChI is InChI=1S/C23H37N5O2/c1-4-26(5-2)23(30)28-12-10-19(11-13-28)22(29)24-18-20-8-6-7-9-21(20)27-16-14-25(3)15-17-27/h6-9,19H,4-5,10-18H2,1-3H3,(H,24,29). The summed E-state index contributed by atoms with van der Waals surface area (Å²) in [4.78, 5) is 33.8. The number of urea groups is 1. The summed E-state index contributed by atoms with van der Waals surface area (Å²) >= 11 is 0. The van der Waals surface area contributed by atoms with Crippen LogP contribution in [0.25, 0.3) is 0 Å². The third-order valence-corrected chi connectivity index (χ3v) is 6.46. The van der Waals surface area contributed by atoms with Crippen molar-refractivity contribution in [2.75, 3.05) is 64.3 Å². The minimum Gasteiger partial charge on any atom is -0.369 e. The van der Waals surface area contributed by atoms with Crippen LogP contribution in [0.5, 0.6) is 0 Å². The number of rotatable bonds is 6. The van der Waals surface area contributed by atoms with Gasteiger partial charge in [0.25, 0.3) is 0 Å². The van der Waals surface area contributed by atoms with Crippen molar-refractivity contribution in [1.29, 1.82) is 0 Å². The fraction of sp³-hybridized carbons (Fsp3) is 0.652. The lowest BCUT2D eigenvalue weighted by Crippen LogP contribution is -2.48. The summed E-state index contributed by atoms with van der Waals surface area (Å²) in [5.74, 6) is 0.0969. The summed E-state index contributed by atoms with van der Waals surface area (Å²) in [6.45, 7) is 11.5. The number of para-hydroxylation sites is 1. The summed E-state index contributed by atoms with van der Waals surface area (Å²) in [5, 5.41) is 3.16. The number of carbonyl (C=O) groups is 2. The van der Waals surface area contributed by atoms with E-state index in [4.69, 9.17) is 0 Å². The molecule has 1 aromatic rings. The van der Waals surface area contributed by atoms with Crippen LogP contribution in [0.2, 0.25) is 0 Å². The highest BCUT2D eigenvalue weighted by Gasteiger charge is 2.29. The van der Waals surface area contributed by atoms with E-state index >= 15 is 0 Å². The average Bonchev–Trinajstić information content (AvgIpc) is 2.79. The number of nitrogens with one attached hydrogen (secondary N) is 1. The van der Waals surface area contributed by atoms with Crippen LogP contribution in [-0.2, 0) is 11.3 Å². The van der Waals surface area contributed by atoms with Crippen molar-refractivity contribution >= 4 is 17.6 Å². The molecule has 7 heteroatoms. The van der Waals surface area contributed by atoms with E-state index in [2.05, 4.69) is 40.4 Å². The number of likely N-dealkylation sites (tertiary alicyclic amines) is 1. The predicted molar refractivity (Wildman–Crippen MR) is 121 cm³/mol. The maximum Gasteiger partial charge on any atom is 0.319 e. The SMILES string of the molecule is CCN(CC)C(=O)N1CCC(C(=O)NCc2ccccc2N2CCN(C)CC2)CC1. The molecule has 0 bridgehead atoms. The number of hydrogen-bond acceptors (Lipinski definition) is 4. The quantitative estimate of drug-likeness (QED) is 0.774. The van der Waals surface area contributed by atoms with Crippen LogP contribution in [0, 0.1) is 5.92 Å². The first-order chi connectivity index (χ1) is 14.5. The van der Waals surface area contributed by atoms with Crippen molar-refractivity contribution < 1.29 is 9.59 Å². The zero-order valence-electron chi connectivity index (χ0n) is 18.8. The normalized spacial score (nSPS) is 18.4. The van der Waals surface area contributed by atoms with Gasteiger partial charge in [-0.1, -0.05) is 18.2 Å². The smallest absolute Gasteiger partial charge is 0.319 e. The predicted octanol–water partition coefficient (Wildman–Crippen LogP) is 2.23. The molecule has 0 atom stereocenters. The number of piperazine rings is 1. The Bertz CT molecular complexity index is 705. The van der Waals surface area contributed by atoms with E-state index in [1.54, 1.807) is 0 Å². The highest BCUT2D eigenvalue weighted by atomic mass is 16.2. The topological polar surface area (TPSA) is 59.1 Å². The van der Waals surface area contributed by atoms with Gasteiger partial charge in [-0.05, 0) is 45.4 Å². The number of amides is 3. The lowest BCUT2D eigenvalue weighted by molar-refractivity contribution is -0.126. The number of likely N-dealkylation sites (N-methyl/N-ethyl adjacent to an activating group) is 1. The molecule has 2 heterocycles. The summed E-state index contributed by atoms with van der Waals surface area (Å²) in [6, 6.07) is 8.48. The average molecular weight is 416 g/mol. The molecular formula is C23H37N5O2. The van der Waals surface area contributed by atoms with Crippen molar-refractivity contribution in [3.8, 4) is 0 Å². The van der Waals surface area contributed by atoms with Crippen LogP contribution >= 0.6 is 0 Å². The lowest BCUT2D eigenvalue weighted by atomic mass is 9.96. The molecule has 0 aliphatic carbocycles. The fourth-order valence-electron chi connectivity index (χ4n) is 4.37. The Kier molecular flexibility index (Phi) is 7.96. The summed E-state index contributed by atoms with van der Waals surface area (Å²) in [5.41, 5.74) is 2.40. The molecule has 2 aliphatic heterocycles. The molecule has 0 unspecified atom stereocenters. The van der Waals surface area contributed by atoms with Crippen LogP contribution < -0.4 is 10.2 Å². The molecule has 0 spiro atoms. The molecule has 0 radical (unpaired) electrons. The van der Waals surface area contributed by atoms with Gasteiger partial charge in [0.2, 0.25) is 5.91 Å². The molecule has 0 aromatic heterocycles. The zero-order chi connectivity index (χ0) is 21.5. The molecule has 2 aliphatic rings. The van der Waals surface area contributed by atoms with Crippen LogP contribution in [-0.4, -0.2) is 86.0 Å². The Morgan fingerprint density at radius 1 is 1.00 bits per heavy atom. The van der Waals surface area contributed by atoms with E-state index in [1.165, 1.54) is 11.3 Å². The van der Waals surface area contributed by atoms with Gasteiger partial charge < -0.3 is 24.9 Å². The Hall–Kier alpha value is -2.28. The molecule has 1 aromatic carbocycles. The van der Waals surface area contributed by atoms with Gasteiger partial charge in [0, 0.05) is 70.5 Å². The van der Waals surface area contributed by atoms with Crippen molar-refractivity contribution in [2.45, 2.75) is 33.2 Å². The molecule has 7 nitrogen and oxygen atoms in total. The highest BCUT2D eigenvalue weighted by Crippen LogP contribution is 2.23. The molecule has 3 rings (SSSR count). The van der Waals surface area contributed by atoms with Crippen molar-refractivity contribution in [1.82, 2.24) is 20.0 Å². The maximum atomic E-state index is 12.8. The monoisotopic (exact) mass is 415 g/mol. The van der Waals surface area contributed by atoms with Gasteiger partial charge in [-0.15, -0.1) is 0 Å². The minimum atomic E-state index is -0.0125. The Balaban J connectivity index is 1.51. The number of carbonyl (C=O) groups excluding carboxylic acids is 2. The Morgan fingerprint density at radius 3 is 2.27 bits per heavy atom. The highest BCUT2D eigenvalue weighted by molar-refractivity contribution is 5.80. The molecule has 2 fully saturated rings. The number of anilines is 1. The van der Waals surface area contributed by atoms with E-state index < -0.39 is 0 Å². The van der Waals surface area contributed by atoms with Crippen molar-refractivity contribution in [3.63, 3.8) is 0 Å². The first-order valence-corrected chi connectivity index (χ1v) is 11.4. The van der Waals surface area contributed by atoms with Gasteiger partial charge in [0.1, 0.15) is 0 Å². The molecule has 3 amide bonds. The first kappa shape index (κ1) is 22.4. The van der Waals surface area contributed by atoms with Crippen LogP contribution in [0.1, 0.15) is 32.3 Å². The summed E-state index contributed by atoms with van der Waals surface area (Å²) < 4.78 is 0. The van der Waals surface area contributed by atoms with E-state index in [0.29, 0.717) is 19.6 Å². The third-order valence-electron chi connectivity index (χ3n) is 6.46. The van der Waals surface area contributed by atoms with Crippen LogP contribution in [0.15, 0.2) is 24.3 Å². The molecule has 166 valence electrons. The summed E-state index contributed by atoms with van der Waals surface area (Å²) in [6.07, 6.45) is 1.47. The number of piperidine rings is 1. The second kappa shape index (κ2) is 10.7. The fourth-order valence-corrected chi connectivity index (χ4v) is 4.37. The number of nitrogens with zero attached hydrogens (tertiary/aromatic N) is 4. The van der Waals surface area contributed by atoms with E-state index in [0.717, 1.165) is 52.1 Å². The second-order valence-electron chi connectivity index (χ2n) is 8.35. The molecular weight excluding hydrogens is 378 g/mol.